The van der Waals surface area contributed by atoms with Gasteiger partial charge < -0.3 is 19.5 Å². The molecule has 0 unspecified atom stereocenters. The Morgan fingerprint density at radius 2 is 2.12 bits per heavy atom. The van der Waals surface area contributed by atoms with Crippen molar-refractivity contribution in [3.05, 3.63) is 29.5 Å². The molecule has 0 saturated carbocycles. The fraction of sp³-hybridized carbons (Fsp3) is 0.412. The largest absolute Gasteiger partial charge is 0.490 e. The second-order valence-corrected chi connectivity index (χ2v) is 5.70. The Bertz CT molecular complexity index is 697. The van der Waals surface area contributed by atoms with E-state index < -0.39 is 6.61 Å². The molecule has 1 fully saturated rings. The van der Waals surface area contributed by atoms with Crippen LogP contribution in [0.25, 0.3) is 6.08 Å². The number of methoxy groups -OCH3 is 1. The highest BCUT2D eigenvalue weighted by atomic mass is 32.1. The Kier molecular flexibility index (Phi) is 7.28. The molecule has 2 rings (SSSR count). The lowest BCUT2D eigenvalue weighted by molar-refractivity contribution is -0.122. The fourth-order valence-electron chi connectivity index (χ4n) is 2.38. The van der Waals surface area contributed by atoms with Crippen LogP contribution in [0, 0.1) is 0 Å². The molecule has 0 bridgehead atoms. The molecule has 1 N–H and O–H groups in total. The van der Waals surface area contributed by atoms with E-state index in [1.165, 1.54) is 17.0 Å². The summed E-state index contributed by atoms with van der Waals surface area (Å²) in [4.78, 5) is 13.9. The molecule has 6 nitrogen and oxygen atoms in total. The van der Waals surface area contributed by atoms with Crippen molar-refractivity contribution in [1.29, 1.82) is 0 Å². The summed E-state index contributed by atoms with van der Waals surface area (Å²) in [6, 6.07) is 4.45. The van der Waals surface area contributed by atoms with Crippen LogP contribution < -0.4 is 14.8 Å². The van der Waals surface area contributed by atoms with Crippen LogP contribution in [0.3, 0.4) is 0 Å². The number of carbonyl (C=O) groups is 1. The van der Waals surface area contributed by atoms with Crippen molar-refractivity contribution in [3.63, 3.8) is 0 Å². The summed E-state index contributed by atoms with van der Waals surface area (Å²) in [7, 11) is 1.59. The number of halogens is 2. The Morgan fingerprint density at radius 1 is 1.35 bits per heavy atom. The minimum absolute atomic E-state index is 0.0635. The van der Waals surface area contributed by atoms with Crippen LogP contribution in [0.2, 0.25) is 0 Å². The van der Waals surface area contributed by atoms with Crippen molar-refractivity contribution in [2.45, 2.75) is 20.0 Å². The van der Waals surface area contributed by atoms with Gasteiger partial charge in [0.2, 0.25) is 0 Å². The van der Waals surface area contributed by atoms with E-state index >= 15 is 0 Å². The average Bonchev–Trinajstić information content (AvgIpc) is 2.84. The molecule has 0 aliphatic carbocycles. The maximum atomic E-state index is 12.5. The topological polar surface area (TPSA) is 60.0 Å². The number of carbonyl (C=O) groups excluding carboxylic acids is 1. The zero-order chi connectivity index (χ0) is 19.1. The molecule has 26 heavy (non-hydrogen) atoms. The summed E-state index contributed by atoms with van der Waals surface area (Å²) in [5, 5.41) is 3.18. The van der Waals surface area contributed by atoms with Gasteiger partial charge in [-0.3, -0.25) is 9.69 Å². The predicted molar refractivity (Wildman–Crippen MR) is 96.2 cm³/mol. The lowest BCUT2D eigenvalue weighted by atomic mass is 10.1. The summed E-state index contributed by atoms with van der Waals surface area (Å²) < 4.78 is 39.7. The number of benzene rings is 1. The van der Waals surface area contributed by atoms with Crippen molar-refractivity contribution in [1.82, 2.24) is 10.2 Å². The first-order valence-corrected chi connectivity index (χ1v) is 8.42. The van der Waals surface area contributed by atoms with Gasteiger partial charge in [0.05, 0.1) is 6.61 Å². The van der Waals surface area contributed by atoms with Gasteiger partial charge in [-0.05, 0) is 49.3 Å². The Labute approximate surface area is 155 Å². The molecule has 1 aromatic rings. The van der Waals surface area contributed by atoms with Crippen LogP contribution in [0.1, 0.15) is 18.9 Å². The van der Waals surface area contributed by atoms with Gasteiger partial charge in [0.15, 0.2) is 16.6 Å². The Hall–Kier alpha value is -2.26. The SMILES string of the molecule is CCOc1cc(C=C2NC(=S)N(CCCOC)C2=O)ccc1OC(F)F. The number of amides is 1. The van der Waals surface area contributed by atoms with E-state index in [0.717, 1.165) is 0 Å². The molecule has 0 spiro atoms. The smallest absolute Gasteiger partial charge is 0.387 e. The lowest BCUT2D eigenvalue weighted by Gasteiger charge is -2.13. The van der Waals surface area contributed by atoms with Gasteiger partial charge in [-0.1, -0.05) is 6.07 Å². The first-order chi connectivity index (χ1) is 12.5. The van der Waals surface area contributed by atoms with Crippen molar-refractivity contribution in [2.75, 3.05) is 26.9 Å². The van der Waals surface area contributed by atoms with E-state index in [2.05, 4.69) is 10.1 Å². The third-order valence-corrected chi connectivity index (χ3v) is 3.81. The van der Waals surface area contributed by atoms with Crippen LogP contribution in [-0.2, 0) is 9.53 Å². The summed E-state index contributed by atoms with van der Waals surface area (Å²) in [6.07, 6.45) is 2.24. The van der Waals surface area contributed by atoms with Crippen LogP contribution in [0.15, 0.2) is 23.9 Å². The lowest BCUT2D eigenvalue weighted by Crippen LogP contribution is -2.32. The predicted octanol–water partition coefficient (Wildman–Crippen LogP) is 2.78. The summed E-state index contributed by atoms with van der Waals surface area (Å²) in [6.45, 7) is 0.0364. The minimum Gasteiger partial charge on any atom is -0.490 e. The number of nitrogens with zero attached hydrogens (tertiary/aromatic N) is 1. The third kappa shape index (κ3) is 5.12. The maximum absolute atomic E-state index is 12.5. The second-order valence-electron chi connectivity index (χ2n) is 5.31. The number of hydrogen-bond acceptors (Lipinski definition) is 5. The second kappa shape index (κ2) is 9.44. The zero-order valence-corrected chi connectivity index (χ0v) is 15.3. The van der Waals surface area contributed by atoms with Gasteiger partial charge in [-0.2, -0.15) is 8.78 Å². The normalized spacial score (nSPS) is 15.7. The fourth-order valence-corrected chi connectivity index (χ4v) is 2.67. The van der Waals surface area contributed by atoms with Crippen LogP contribution >= 0.6 is 12.2 Å². The standard InChI is InChI=1S/C17H20F2N2O4S/c1-3-24-14-10-11(5-6-13(14)25-16(18)19)9-12-15(22)21(17(26)20-12)7-4-8-23-2/h5-6,9-10,16H,3-4,7-8H2,1-2H3,(H,20,26). The van der Waals surface area contributed by atoms with Gasteiger partial charge in [0, 0.05) is 20.3 Å². The van der Waals surface area contributed by atoms with Gasteiger partial charge in [-0.15, -0.1) is 0 Å². The van der Waals surface area contributed by atoms with E-state index in [0.29, 0.717) is 35.9 Å². The molecule has 1 aliphatic heterocycles. The summed E-state index contributed by atoms with van der Waals surface area (Å²) in [5.41, 5.74) is 0.893. The van der Waals surface area contributed by atoms with Crippen LogP contribution in [-0.4, -0.2) is 49.4 Å². The van der Waals surface area contributed by atoms with Gasteiger partial charge in [-0.25, -0.2) is 0 Å². The van der Waals surface area contributed by atoms with E-state index in [1.807, 2.05) is 0 Å². The number of thiocarbonyl (C=S) groups is 1. The number of ether oxygens (including phenoxy) is 3. The number of hydrogen-bond donors (Lipinski definition) is 1. The molecule has 142 valence electrons. The number of nitrogens with one attached hydrogen (secondary N) is 1. The van der Waals surface area contributed by atoms with Gasteiger partial charge >= 0.3 is 6.61 Å². The van der Waals surface area contributed by atoms with Crippen molar-refractivity contribution in [2.24, 2.45) is 0 Å². The number of alkyl halides is 2. The molecule has 0 aromatic heterocycles. The Morgan fingerprint density at radius 3 is 2.77 bits per heavy atom. The molecule has 1 heterocycles. The van der Waals surface area contributed by atoms with Crippen molar-refractivity contribution >= 4 is 29.3 Å². The van der Waals surface area contributed by atoms with Crippen LogP contribution in [0.5, 0.6) is 11.5 Å². The quantitative estimate of drug-likeness (QED) is 0.400. The van der Waals surface area contributed by atoms with Gasteiger partial charge in [0.1, 0.15) is 5.70 Å². The third-order valence-electron chi connectivity index (χ3n) is 3.49. The first kappa shape index (κ1) is 20.1. The summed E-state index contributed by atoms with van der Waals surface area (Å²) >= 11 is 5.18. The highest BCUT2D eigenvalue weighted by molar-refractivity contribution is 7.80. The monoisotopic (exact) mass is 386 g/mol. The molecule has 0 atom stereocenters. The van der Waals surface area contributed by atoms with E-state index in [9.17, 15) is 13.6 Å². The zero-order valence-electron chi connectivity index (χ0n) is 14.5. The molecular weight excluding hydrogens is 366 g/mol. The highest BCUT2D eigenvalue weighted by Crippen LogP contribution is 2.31. The maximum Gasteiger partial charge on any atom is 0.387 e. The molecule has 0 radical (unpaired) electrons. The first-order valence-electron chi connectivity index (χ1n) is 8.01. The summed E-state index contributed by atoms with van der Waals surface area (Å²) in [5.74, 6) is -0.143. The molecule has 9 heteroatoms. The van der Waals surface area contributed by atoms with E-state index in [1.54, 1.807) is 26.2 Å². The minimum atomic E-state index is -2.95. The van der Waals surface area contributed by atoms with E-state index in [4.69, 9.17) is 21.7 Å². The average molecular weight is 386 g/mol. The molecular formula is C17H20F2N2O4S. The molecule has 1 amide bonds. The Balaban J connectivity index is 2.19. The number of rotatable bonds is 9. The van der Waals surface area contributed by atoms with Crippen molar-refractivity contribution < 1.29 is 27.8 Å². The van der Waals surface area contributed by atoms with Gasteiger partial charge in [0.25, 0.3) is 5.91 Å². The van der Waals surface area contributed by atoms with Crippen molar-refractivity contribution in [3.8, 4) is 11.5 Å². The van der Waals surface area contributed by atoms with Crippen LogP contribution in [0.4, 0.5) is 8.78 Å². The van der Waals surface area contributed by atoms with E-state index in [-0.39, 0.29) is 24.0 Å². The highest BCUT2D eigenvalue weighted by Gasteiger charge is 2.30. The molecule has 1 saturated heterocycles. The molecule has 1 aromatic carbocycles. The molecule has 1 aliphatic rings.